The van der Waals surface area contributed by atoms with Crippen LogP contribution in [0, 0.1) is 13.8 Å². The summed E-state index contributed by atoms with van der Waals surface area (Å²) in [4.78, 5) is 29.3. The Hall–Kier alpha value is -2.47. The summed E-state index contributed by atoms with van der Waals surface area (Å²) in [6, 6.07) is 4.77. The van der Waals surface area contributed by atoms with Gasteiger partial charge in [0, 0.05) is 11.3 Å². The van der Waals surface area contributed by atoms with E-state index in [1.807, 2.05) is 19.9 Å². The number of pyridine rings is 1. The van der Waals surface area contributed by atoms with Crippen LogP contribution in [0.1, 0.15) is 27.2 Å². The highest BCUT2D eigenvalue weighted by atomic mass is 35.5. The van der Waals surface area contributed by atoms with Crippen molar-refractivity contribution in [1.29, 1.82) is 0 Å². The van der Waals surface area contributed by atoms with Gasteiger partial charge in [-0.3, -0.25) is 9.59 Å². The number of phenols is 1. The lowest BCUT2D eigenvalue weighted by atomic mass is 10.1. The lowest BCUT2D eigenvalue weighted by Crippen LogP contribution is -2.34. The number of aromatic hydroxyl groups is 1. The number of rotatable bonds is 2. The van der Waals surface area contributed by atoms with Crippen LogP contribution in [0.4, 0.5) is 0 Å². The van der Waals surface area contributed by atoms with Crippen LogP contribution < -0.4 is 10.3 Å². The number of hydrogen-bond donors (Lipinski definition) is 2. The SMILES string of the molecule is Cc1cc(C)c(CN2CCOc3ccc(O)c(Cl)c3C2=O)c(=O)[nH]1. The average Bonchev–Trinajstić information content (AvgIpc) is 2.66. The molecule has 0 fully saturated rings. The van der Waals surface area contributed by atoms with E-state index < -0.39 is 0 Å². The molecule has 2 aromatic rings. The monoisotopic (exact) mass is 348 g/mol. The van der Waals surface area contributed by atoms with Crippen LogP contribution in [-0.2, 0) is 6.54 Å². The highest BCUT2D eigenvalue weighted by Gasteiger charge is 2.28. The summed E-state index contributed by atoms with van der Waals surface area (Å²) in [5, 5.41) is 9.72. The van der Waals surface area contributed by atoms with Gasteiger partial charge in [0.25, 0.3) is 11.5 Å². The fourth-order valence-electron chi connectivity index (χ4n) is 2.81. The molecule has 126 valence electrons. The van der Waals surface area contributed by atoms with Crippen molar-refractivity contribution in [3.8, 4) is 11.5 Å². The molecule has 7 heteroatoms. The summed E-state index contributed by atoms with van der Waals surface area (Å²) in [5.41, 5.74) is 2.01. The maximum Gasteiger partial charge on any atom is 0.259 e. The second kappa shape index (κ2) is 6.20. The van der Waals surface area contributed by atoms with Crippen LogP contribution >= 0.6 is 11.6 Å². The number of hydrogen-bond acceptors (Lipinski definition) is 4. The summed E-state index contributed by atoms with van der Waals surface area (Å²) in [6.07, 6.45) is 0. The predicted octanol–water partition coefficient (Wildman–Crippen LogP) is 2.39. The first-order valence-corrected chi connectivity index (χ1v) is 7.89. The van der Waals surface area contributed by atoms with E-state index in [-0.39, 0.29) is 41.0 Å². The number of phenolic OH excluding ortho intramolecular Hbond substituents is 1. The molecule has 1 aromatic carbocycles. The first-order valence-electron chi connectivity index (χ1n) is 7.51. The van der Waals surface area contributed by atoms with E-state index in [0.29, 0.717) is 17.9 Å². The van der Waals surface area contributed by atoms with E-state index in [2.05, 4.69) is 4.98 Å². The van der Waals surface area contributed by atoms with Crippen molar-refractivity contribution in [2.75, 3.05) is 13.2 Å². The van der Waals surface area contributed by atoms with Gasteiger partial charge >= 0.3 is 0 Å². The number of carbonyl (C=O) groups excluding carboxylic acids is 1. The maximum atomic E-state index is 12.8. The molecule has 1 aliphatic heterocycles. The van der Waals surface area contributed by atoms with Gasteiger partial charge in [0.2, 0.25) is 0 Å². The number of amides is 1. The van der Waals surface area contributed by atoms with Gasteiger partial charge in [-0.25, -0.2) is 0 Å². The zero-order valence-electron chi connectivity index (χ0n) is 13.4. The minimum Gasteiger partial charge on any atom is -0.506 e. The van der Waals surface area contributed by atoms with Gasteiger partial charge in [0.05, 0.1) is 18.1 Å². The number of fused-ring (bicyclic) bond motifs is 1. The Bertz CT molecular complexity index is 876. The molecule has 0 atom stereocenters. The lowest BCUT2D eigenvalue weighted by Gasteiger charge is -2.21. The van der Waals surface area contributed by atoms with Crippen LogP contribution in [-0.4, -0.2) is 34.0 Å². The van der Waals surface area contributed by atoms with Crippen LogP contribution in [0.25, 0.3) is 0 Å². The molecule has 0 aliphatic carbocycles. The molecular formula is C17H17ClN2O4. The topological polar surface area (TPSA) is 82.6 Å². The zero-order valence-corrected chi connectivity index (χ0v) is 14.1. The van der Waals surface area contributed by atoms with E-state index in [1.54, 1.807) is 0 Å². The van der Waals surface area contributed by atoms with Crippen LogP contribution in [0.15, 0.2) is 23.0 Å². The Labute approximate surface area is 143 Å². The van der Waals surface area contributed by atoms with Gasteiger partial charge in [-0.2, -0.15) is 0 Å². The molecule has 1 aromatic heterocycles. The number of nitrogens with one attached hydrogen (secondary N) is 1. The number of benzene rings is 1. The van der Waals surface area contributed by atoms with Crippen molar-refractivity contribution < 1.29 is 14.6 Å². The number of ether oxygens (including phenoxy) is 1. The van der Waals surface area contributed by atoms with Crippen molar-refractivity contribution in [2.45, 2.75) is 20.4 Å². The molecule has 6 nitrogen and oxygen atoms in total. The summed E-state index contributed by atoms with van der Waals surface area (Å²) in [5.74, 6) is -0.221. The molecule has 2 N–H and O–H groups in total. The predicted molar refractivity (Wildman–Crippen MR) is 89.9 cm³/mol. The standard InChI is InChI=1S/C17H17ClN2O4/c1-9-7-10(2)19-16(22)11(9)8-20-5-6-24-13-4-3-12(21)15(18)14(13)17(20)23/h3-4,7,21H,5-6,8H2,1-2H3,(H,19,22). The fraction of sp³-hybridized carbons (Fsp3) is 0.294. The minimum atomic E-state index is -0.372. The molecule has 0 saturated heterocycles. The van der Waals surface area contributed by atoms with Crippen LogP contribution in [0.5, 0.6) is 11.5 Å². The molecule has 0 saturated carbocycles. The van der Waals surface area contributed by atoms with Crippen LogP contribution in [0.3, 0.4) is 0 Å². The third-order valence-electron chi connectivity index (χ3n) is 4.05. The molecule has 0 unspecified atom stereocenters. The Kier molecular flexibility index (Phi) is 4.24. The van der Waals surface area contributed by atoms with Gasteiger partial charge < -0.3 is 19.7 Å². The van der Waals surface area contributed by atoms with Gasteiger partial charge in [0.1, 0.15) is 23.7 Å². The molecule has 1 aliphatic rings. The number of aromatic nitrogens is 1. The highest BCUT2D eigenvalue weighted by molar-refractivity contribution is 6.35. The molecular weight excluding hydrogens is 332 g/mol. The number of aromatic amines is 1. The maximum absolute atomic E-state index is 12.8. The Morgan fingerprint density at radius 2 is 2.08 bits per heavy atom. The third-order valence-corrected chi connectivity index (χ3v) is 4.43. The van der Waals surface area contributed by atoms with Crippen molar-refractivity contribution in [2.24, 2.45) is 0 Å². The lowest BCUT2D eigenvalue weighted by molar-refractivity contribution is 0.0742. The van der Waals surface area contributed by atoms with E-state index in [4.69, 9.17) is 16.3 Å². The van der Waals surface area contributed by atoms with Gasteiger partial charge in [0.15, 0.2) is 0 Å². The molecule has 1 amide bonds. The second-order valence-electron chi connectivity index (χ2n) is 5.79. The number of nitrogens with zero attached hydrogens (tertiary/aromatic N) is 1. The van der Waals surface area contributed by atoms with Crippen LogP contribution in [0.2, 0.25) is 5.02 Å². The van der Waals surface area contributed by atoms with Crippen molar-refractivity contribution in [1.82, 2.24) is 9.88 Å². The minimum absolute atomic E-state index is 0.0427. The number of aryl methyl sites for hydroxylation is 2. The van der Waals surface area contributed by atoms with Gasteiger partial charge in [-0.05, 0) is 37.6 Å². The van der Waals surface area contributed by atoms with E-state index in [0.717, 1.165) is 11.3 Å². The summed E-state index contributed by atoms with van der Waals surface area (Å²) < 4.78 is 5.56. The van der Waals surface area contributed by atoms with Crippen molar-refractivity contribution >= 4 is 17.5 Å². The van der Waals surface area contributed by atoms with Crippen molar-refractivity contribution in [3.63, 3.8) is 0 Å². The molecule has 0 spiro atoms. The second-order valence-corrected chi connectivity index (χ2v) is 6.17. The van der Waals surface area contributed by atoms with Gasteiger partial charge in [-0.1, -0.05) is 11.6 Å². The quantitative estimate of drug-likeness (QED) is 0.873. The molecule has 0 bridgehead atoms. The number of carbonyl (C=O) groups is 1. The fourth-order valence-corrected chi connectivity index (χ4v) is 3.05. The van der Waals surface area contributed by atoms with Crippen molar-refractivity contribution in [3.05, 3.63) is 56.0 Å². The average molecular weight is 349 g/mol. The van der Waals surface area contributed by atoms with Gasteiger partial charge in [-0.15, -0.1) is 0 Å². The molecule has 0 radical (unpaired) electrons. The zero-order chi connectivity index (χ0) is 17.4. The molecule has 2 heterocycles. The summed E-state index contributed by atoms with van der Waals surface area (Å²) in [6.45, 7) is 4.39. The Morgan fingerprint density at radius 3 is 2.79 bits per heavy atom. The Balaban J connectivity index is 2.00. The summed E-state index contributed by atoms with van der Waals surface area (Å²) >= 11 is 6.08. The smallest absolute Gasteiger partial charge is 0.259 e. The first-order chi connectivity index (χ1) is 11.4. The largest absolute Gasteiger partial charge is 0.506 e. The molecule has 24 heavy (non-hydrogen) atoms. The first kappa shape index (κ1) is 16.4. The number of H-pyrrole nitrogens is 1. The van der Waals surface area contributed by atoms with E-state index in [9.17, 15) is 14.7 Å². The Morgan fingerprint density at radius 1 is 1.33 bits per heavy atom. The highest BCUT2D eigenvalue weighted by Crippen LogP contribution is 2.36. The number of halogens is 1. The molecule has 3 rings (SSSR count). The third kappa shape index (κ3) is 2.85. The normalized spacial score (nSPS) is 14.1. The summed E-state index contributed by atoms with van der Waals surface area (Å²) in [7, 11) is 0. The van der Waals surface area contributed by atoms with E-state index >= 15 is 0 Å². The van der Waals surface area contributed by atoms with E-state index in [1.165, 1.54) is 17.0 Å².